The first kappa shape index (κ1) is 37.2. The van der Waals surface area contributed by atoms with E-state index in [0.29, 0.717) is 22.5 Å². The molecule has 3 aliphatic rings. The van der Waals surface area contributed by atoms with Crippen LogP contribution in [-0.2, 0) is 27.5 Å². The molecule has 1 saturated carbocycles. The summed E-state index contributed by atoms with van der Waals surface area (Å²) in [6.45, 7) is 1.50. The smallest absolute Gasteiger partial charge is 0.433 e. The summed E-state index contributed by atoms with van der Waals surface area (Å²) >= 11 is 0. The lowest BCUT2D eigenvalue weighted by Gasteiger charge is -2.37. The second kappa shape index (κ2) is 14.7. The van der Waals surface area contributed by atoms with Gasteiger partial charge in [0.1, 0.15) is 23.2 Å². The summed E-state index contributed by atoms with van der Waals surface area (Å²) in [5.74, 6) is -1.26. The predicted octanol–water partition coefficient (Wildman–Crippen LogP) is 5.51. The van der Waals surface area contributed by atoms with Crippen LogP contribution in [0.1, 0.15) is 79.6 Å². The largest absolute Gasteiger partial charge is 0.494 e. The minimum Gasteiger partial charge on any atom is -0.494 e. The first-order valence-corrected chi connectivity index (χ1v) is 18.7. The van der Waals surface area contributed by atoms with Crippen molar-refractivity contribution in [3.05, 3.63) is 76.6 Å². The number of hydrogen-bond donors (Lipinski definition) is 2. The Morgan fingerprint density at radius 2 is 1.68 bits per heavy atom. The van der Waals surface area contributed by atoms with Crippen LogP contribution in [0.15, 0.2) is 59.5 Å². The number of piperidine rings is 2. The van der Waals surface area contributed by atoms with Crippen LogP contribution in [0.3, 0.4) is 0 Å². The van der Waals surface area contributed by atoms with E-state index in [1.807, 2.05) is 29.1 Å². The van der Waals surface area contributed by atoms with Crippen LogP contribution in [0.4, 0.5) is 24.5 Å². The van der Waals surface area contributed by atoms with Crippen LogP contribution in [0.2, 0.25) is 0 Å². The van der Waals surface area contributed by atoms with Gasteiger partial charge in [-0.15, -0.1) is 0 Å². The van der Waals surface area contributed by atoms with E-state index in [-0.39, 0.29) is 48.4 Å². The number of fused-ring (bicyclic) bond motifs is 2. The van der Waals surface area contributed by atoms with Gasteiger partial charge in [-0.2, -0.15) is 18.3 Å². The molecule has 3 fully saturated rings. The van der Waals surface area contributed by atoms with Gasteiger partial charge >= 0.3 is 11.9 Å². The van der Waals surface area contributed by atoms with Crippen molar-refractivity contribution in [3.8, 4) is 5.75 Å². The number of nitrogens with zero attached hydrogens (tertiary/aromatic N) is 6. The number of rotatable bonds is 8. The van der Waals surface area contributed by atoms with Gasteiger partial charge in [0.05, 0.1) is 53.3 Å². The van der Waals surface area contributed by atoms with Crippen LogP contribution >= 0.6 is 0 Å². The topological polar surface area (TPSA) is 155 Å². The maximum atomic E-state index is 13.4. The number of anilines is 2. The number of methoxy groups -OCH3 is 1. The van der Waals surface area contributed by atoms with Crippen molar-refractivity contribution in [3.63, 3.8) is 0 Å². The first-order valence-electron chi connectivity index (χ1n) is 18.7. The molecule has 2 aromatic carbocycles. The number of carbonyl (C=O) groups excluding carboxylic acids is 3. The number of pyridine rings is 1. The number of amides is 3. The van der Waals surface area contributed by atoms with Crippen molar-refractivity contribution in [2.24, 2.45) is 7.05 Å². The summed E-state index contributed by atoms with van der Waals surface area (Å²) in [4.78, 5) is 56.5. The predicted molar refractivity (Wildman–Crippen MR) is 200 cm³/mol. The van der Waals surface area contributed by atoms with Gasteiger partial charge in [0.2, 0.25) is 11.8 Å². The highest BCUT2D eigenvalue weighted by Crippen LogP contribution is 2.37. The van der Waals surface area contributed by atoms with Crippen LogP contribution in [-0.4, -0.2) is 74.0 Å². The van der Waals surface area contributed by atoms with Crippen molar-refractivity contribution in [2.45, 2.75) is 81.8 Å². The van der Waals surface area contributed by atoms with E-state index in [1.165, 1.54) is 17.7 Å². The van der Waals surface area contributed by atoms with Gasteiger partial charge in [-0.25, -0.2) is 9.78 Å². The zero-order valence-corrected chi connectivity index (χ0v) is 30.8. The molecule has 2 saturated heterocycles. The molecule has 3 aromatic heterocycles. The Labute approximate surface area is 318 Å². The van der Waals surface area contributed by atoms with Gasteiger partial charge in [0.25, 0.3) is 5.91 Å². The quantitative estimate of drug-likeness (QED) is 0.194. The standard InChI is InChI=1S/C39H41F3N8O6/c1-47-35-29(6-4-7-30(35)50(38(47)54)31-13-14-34(51)45-37(31)53)48-17-15-25(16-18-48)56-24-11-9-23(10-12-24)49-21-22-19-28(32(55-2)20-27(22)46-49)44-36(52)26-5-3-8-33(43-26)39(40,41)42/h3-8,19-21,23-25,31H,9-18H2,1-2H3,(H,44,52)(H,45,51,53). The number of carbonyl (C=O) groups is 3. The number of hydrogen-bond acceptors (Lipinski definition) is 9. The van der Waals surface area contributed by atoms with Crippen molar-refractivity contribution in [1.29, 1.82) is 0 Å². The number of alkyl halides is 3. The normalized spacial score (nSPS) is 21.1. The number of nitrogens with one attached hydrogen (secondary N) is 2. The molecule has 1 atom stereocenters. The molecule has 3 amide bonds. The van der Waals surface area contributed by atoms with Gasteiger partial charge in [0, 0.05) is 44.2 Å². The van der Waals surface area contributed by atoms with E-state index >= 15 is 0 Å². The van der Waals surface area contributed by atoms with E-state index in [2.05, 4.69) is 20.5 Å². The molecular formula is C39H41F3N8O6. The summed E-state index contributed by atoms with van der Waals surface area (Å²) < 4.78 is 56.6. The lowest BCUT2D eigenvalue weighted by atomic mass is 9.92. The molecule has 17 heteroatoms. The molecule has 5 aromatic rings. The zero-order chi connectivity index (χ0) is 39.3. The van der Waals surface area contributed by atoms with Crippen LogP contribution in [0.5, 0.6) is 5.75 Å². The second-order valence-electron chi connectivity index (χ2n) is 14.7. The van der Waals surface area contributed by atoms with Crippen molar-refractivity contribution in [2.75, 3.05) is 30.4 Å². The molecule has 0 spiro atoms. The minimum atomic E-state index is -4.68. The fourth-order valence-electron chi connectivity index (χ4n) is 8.28. The van der Waals surface area contributed by atoms with Crippen LogP contribution in [0, 0.1) is 0 Å². The van der Waals surface area contributed by atoms with E-state index < -0.39 is 29.7 Å². The highest BCUT2D eigenvalue weighted by atomic mass is 19.4. The van der Waals surface area contributed by atoms with Gasteiger partial charge in [0.15, 0.2) is 0 Å². The molecule has 8 rings (SSSR count). The summed E-state index contributed by atoms with van der Waals surface area (Å²) in [6, 6.07) is 11.7. The van der Waals surface area contributed by atoms with Crippen molar-refractivity contribution in [1.82, 2.24) is 29.2 Å². The second-order valence-corrected chi connectivity index (χ2v) is 14.7. The fraction of sp³-hybridized carbons (Fsp3) is 0.436. The molecule has 2 aliphatic heterocycles. The number of aryl methyl sites for hydroxylation is 1. The number of imide groups is 1. The van der Waals surface area contributed by atoms with E-state index in [4.69, 9.17) is 14.6 Å². The van der Waals surface area contributed by atoms with E-state index in [9.17, 15) is 32.3 Å². The molecule has 0 radical (unpaired) electrons. The Kier molecular flexibility index (Phi) is 9.80. The Balaban J connectivity index is 0.877. The van der Waals surface area contributed by atoms with Crippen molar-refractivity contribution < 1.29 is 37.0 Å². The highest BCUT2D eigenvalue weighted by Gasteiger charge is 2.35. The molecule has 294 valence electrons. The van der Waals surface area contributed by atoms with Crippen molar-refractivity contribution >= 4 is 51.0 Å². The average Bonchev–Trinajstić information content (AvgIpc) is 3.72. The van der Waals surface area contributed by atoms with Gasteiger partial charge in [-0.3, -0.25) is 33.5 Å². The van der Waals surface area contributed by atoms with E-state index in [0.717, 1.165) is 80.3 Å². The summed E-state index contributed by atoms with van der Waals surface area (Å²) in [5.41, 5.74) is 1.50. The number of para-hydroxylation sites is 1. The first-order chi connectivity index (χ1) is 26.9. The molecule has 14 nitrogen and oxygen atoms in total. The van der Waals surface area contributed by atoms with Crippen LogP contribution in [0.25, 0.3) is 21.9 Å². The molecule has 1 unspecified atom stereocenters. The molecule has 2 N–H and O–H groups in total. The molecule has 5 heterocycles. The fourth-order valence-corrected chi connectivity index (χ4v) is 8.28. The van der Waals surface area contributed by atoms with E-state index in [1.54, 1.807) is 23.7 Å². The summed E-state index contributed by atoms with van der Waals surface area (Å²) in [7, 11) is 3.16. The minimum absolute atomic E-state index is 0.100. The third-order valence-corrected chi connectivity index (χ3v) is 11.2. The van der Waals surface area contributed by atoms with Gasteiger partial charge in [-0.1, -0.05) is 12.1 Å². The molecule has 56 heavy (non-hydrogen) atoms. The third-order valence-electron chi connectivity index (χ3n) is 11.2. The van der Waals surface area contributed by atoms with Gasteiger partial charge in [-0.05, 0) is 75.3 Å². The average molecular weight is 775 g/mol. The lowest BCUT2D eigenvalue weighted by Crippen LogP contribution is -2.44. The van der Waals surface area contributed by atoms with Crippen LogP contribution < -0.4 is 26.0 Å². The highest BCUT2D eigenvalue weighted by molar-refractivity contribution is 6.05. The number of ether oxygens (including phenoxy) is 2. The molecule has 0 bridgehead atoms. The summed E-state index contributed by atoms with van der Waals surface area (Å²) in [6.07, 6.45) is 3.02. The summed E-state index contributed by atoms with van der Waals surface area (Å²) in [5, 5.41) is 10.5. The molecule has 1 aliphatic carbocycles. The Bertz CT molecular complexity index is 2390. The number of benzene rings is 2. The number of imidazole rings is 1. The number of aromatic nitrogens is 5. The Morgan fingerprint density at radius 1 is 0.946 bits per heavy atom. The monoisotopic (exact) mass is 774 g/mol. The third kappa shape index (κ3) is 7.10. The zero-order valence-electron chi connectivity index (χ0n) is 30.8. The Hall–Kier alpha value is -5.71. The van der Waals surface area contributed by atoms with Gasteiger partial charge < -0.3 is 19.7 Å². The lowest BCUT2D eigenvalue weighted by molar-refractivity contribution is -0.141. The maximum Gasteiger partial charge on any atom is 0.433 e. The molecular weight excluding hydrogens is 733 g/mol. The maximum absolute atomic E-state index is 13.4. The number of halogens is 3. The SMILES string of the molecule is COc1cc2nn(C3CCC(OC4CCN(c5cccc6c5n(C)c(=O)n6C5CCC(=O)NC5=O)CC4)CC3)cc2cc1NC(=O)c1cccc(C(F)(F)F)n1. The Morgan fingerprint density at radius 3 is 2.39 bits per heavy atom.